The number of amides is 2. The van der Waals surface area contributed by atoms with Crippen LogP contribution in [0.2, 0.25) is 0 Å². The molecule has 0 saturated heterocycles. The number of hydrogen-bond donors (Lipinski definition) is 1. The van der Waals surface area contributed by atoms with E-state index in [4.69, 9.17) is 14.2 Å². The van der Waals surface area contributed by atoms with Gasteiger partial charge in [-0.15, -0.1) is 0 Å². The van der Waals surface area contributed by atoms with Gasteiger partial charge < -0.3 is 19.5 Å². The van der Waals surface area contributed by atoms with E-state index in [2.05, 4.69) is 15.3 Å². The van der Waals surface area contributed by atoms with Crippen LogP contribution in [0.3, 0.4) is 0 Å². The lowest BCUT2D eigenvalue weighted by Crippen LogP contribution is -2.41. The Balaban J connectivity index is 1.22. The first-order valence-electron chi connectivity index (χ1n) is 11.6. The van der Waals surface area contributed by atoms with Crippen molar-refractivity contribution in [2.75, 3.05) is 19.2 Å². The molecule has 36 heavy (non-hydrogen) atoms. The Morgan fingerprint density at radius 3 is 2.89 bits per heavy atom. The zero-order valence-electron chi connectivity index (χ0n) is 19.6. The van der Waals surface area contributed by atoms with Gasteiger partial charge in [-0.05, 0) is 43.2 Å². The van der Waals surface area contributed by atoms with Gasteiger partial charge in [-0.1, -0.05) is 30.0 Å². The highest BCUT2D eigenvalue weighted by Crippen LogP contribution is 2.34. The molecule has 5 rings (SSSR count). The van der Waals surface area contributed by atoms with Crippen LogP contribution >= 0.6 is 11.8 Å². The van der Waals surface area contributed by atoms with Crippen LogP contribution < -0.4 is 14.8 Å². The number of amidine groups is 2. The Bertz CT molecular complexity index is 1280. The van der Waals surface area contributed by atoms with Gasteiger partial charge in [0.05, 0.1) is 18.0 Å². The molecule has 11 heteroatoms. The van der Waals surface area contributed by atoms with E-state index < -0.39 is 6.04 Å². The van der Waals surface area contributed by atoms with Crippen molar-refractivity contribution in [3.8, 4) is 11.5 Å². The highest BCUT2D eigenvalue weighted by molar-refractivity contribution is 8.14. The van der Waals surface area contributed by atoms with E-state index in [0.29, 0.717) is 34.7 Å². The second-order valence-electron chi connectivity index (χ2n) is 8.15. The van der Waals surface area contributed by atoms with Crippen molar-refractivity contribution in [1.29, 1.82) is 0 Å². The maximum atomic E-state index is 13.3. The van der Waals surface area contributed by atoms with Crippen LogP contribution in [-0.2, 0) is 25.7 Å². The molecule has 0 spiro atoms. The summed E-state index contributed by atoms with van der Waals surface area (Å²) in [5, 5.41) is 3.25. The third kappa shape index (κ3) is 4.92. The molecule has 0 bridgehead atoms. The lowest BCUT2D eigenvalue weighted by Gasteiger charge is -2.25. The Hall–Kier alpha value is -3.86. The minimum atomic E-state index is -0.712. The van der Waals surface area contributed by atoms with Gasteiger partial charge in [0.2, 0.25) is 12.7 Å². The molecular weight excluding hydrogens is 484 g/mol. The highest BCUT2D eigenvalue weighted by Gasteiger charge is 2.41. The molecule has 2 amide bonds. The number of fused-ring (bicyclic) bond motifs is 4. The largest absolute Gasteiger partial charge is 0.465 e. The molecule has 2 aromatic carbocycles. The van der Waals surface area contributed by atoms with Crippen molar-refractivity contribution < 1.29 is 28.6 Å². The topological polar surface area (TPSA) is 119 Å². The van der Waals surface area contributed by atoms with Gasteiger partial charge in [-0.25, -0.2) is 9.89 Å². The van der Waals surface area contributed by atoms with Crippen molar-refractivity contribution in [3.63, 3.8) is 0 Å². The summed E-state index contributed by atoms with van der Waals surface area (Å²) in [6.07, 6.45) is 0.388. The molecular formula is C25H24N4O6S. The first-order valence-corrected chi connectivity index (χ1v) is 12.6. The fourth-order valence-corrected chi connectivity index (χ4v) is 4.82. The van der Waals surface area contributed by atoms with Crippen LogP contribution in [-0.4, -0.2) is 58.9 Å². The second-order valence-corrected chi connectivity index (χ2v) is 9.09. The Morgan fingerprint density at radius 2 is 2.03 bits per heavy atom. The average Bonchev–Trinajstić information content (AvgIpc) is 3.49. The summed E-state index contributed by atoms with van der Waals surface area (Å²) >= 11 is 1.13. The number of ether oxygens (including phenoxy) is 3. The molecule has 3 aliphatic rings. The van der Waals surface area contributed by atoms with Gasteiger partial charge in [-0.3, -0.25) is 19.4 Å². The van der Waals surface area contributed by atoms with Crippen LogP contribution in [0.4, 0.5) is 5.69 Å². The van der Waals surface area contributed by atoms with Gasteiger partial charge in [0.15, 0.2) is 16.7 Å². The van der Waals surface area contributed by atoms with E-state index in [1.807, 2.05) is 42.5 Å². The Kier molecular flexibility index (Phi) is 6.90. The highest BCUT2D eigenvalue weighted by atomic mass is 32.2. The van der Waals surface area contributed by atoms with Crippen molar-refractivity contribution in [3.05, 3.63) is 53.6 Å². The van der Waals surface area contributed by atoms with Gasteiger partial charge >= 0.3 is 5.97 Å². The first kappa shape index (κ1) is 23.9. The summed E-state index contributed by atoms with van der Waals surface area (Å²) in [5.74, 6) is 1.02. The van der Waals surface area contributed by atoms with E-state index >= 15 is 0 Å². The van der Waals surface area contributed by atoms with Crippen molar-refractivity contribution in [2.45, 2.75) is 32.4 Å². The van der Waals surface area contributed by atoms with Gasteiger partial charge in [0, 0.05) is 18.5 Å². The van der Waals surface area contributed by atoms with Crippen molar-refractivity contribution >= 4 is 46.2 Å². The fourth-order valence-electron chi connectivity index (χ4n) is 4.02. The number of para-hydroxylation sites is 1. The van der Waals surface area contributed by atoms with Crippen molar-refractivity contribution in [1.82, 2.24) is 10.2 Å². The SMILES string of the molecule is CCOC(=O)CSC1=Nc2ccccc2C2=N[C@@H](CCC(=O)NCc3ccc4c(c3)OCO4)C(=O)N12. The van der Waals surface area contributed by atoms with Gasteiger partial charge in [0.1, 0.15) is 11.9 Å². The summed E-state index contributed by atoms with van der Waals surface area (Å²) in [4.78, 5) is 48.3. The zero-order chi connectivity index (χ0) is 25.1. The quantitative estimate of drug-likeness (QED) is 0.545. The molecule has 0 saturated carbocycles. The number of nitrogens with zero attached hydrogens (tertiary/aromatic N) is 3. The number of esters is 1. The second kappa shape index (κ2) is 10.4. The number of thioether (sulfide) groups is 1. The first-order chi connectivity index (χ1) is 17.5. The molecule has 2 aromatic rings. The van der Waals surface area contributed by atoms with E-state index in [1.54, 1.807) is 6.92 Å². The predicted molar refractivity (Wildman–Crippen MR) is 133 cm³/mol. The maximum Gasteiger partial charge on any atom is 0.316 e. The van der Waals surface area contributed by atoms with Crippen molar-refractivity contribution in [2.24, 2.45) is 9.98 Å². The summed E-state index contributed by atoms with van der Waals surface area (Å²) in [6.45, 7) is 2.55. The Morgan fingerprint density at radius 1 is 1.19 bits per heavy atom. The molecule has 0 radical (unpaired) electrons. The number of nitrogens with one attached hydrogen (secondary N) is 1. The van der Waals surface area contributed by atoms with Crippen LogP contribution in [0, 0.1) is 0 Å². The smallest absolute Gasteiger partial charge is 0.316 e. The third-order valence-electron chi connectivity index (χ3n) is 5.74. The summed E-state index contributed by atoms with van der Waals surface area (Å²) in [5.41, 5.74) is 2.30. The monoisotopic (exact) mass is 508 g/mol. The summed E-state index contributed by atoms with van der Waals surface area (Å²) in [7, 11) is 0. The molecule has 3 aliphatic heterocycles. The zero-order valence-corrected chi connectivity index (χ0v) is 20.4. The predicted octanol–water partition coefficient (Wildman–Crippen LogP) is 2.77. The molecule has 186 valence electrons. The lowest BCUT2D eigenvalue weighted by molar-refractivity contribution is -0.139. The molecule has 3 heterocycles. The standard InChI is InChI=1S/C25H24N4O6S/c1-2-33-22(31)13-36-25-28-17-6-4-3-5-16(17)23-27-18(24(32)29(23)25)8-10-21(30)26-12-15-7-9-19-20(11-15)35-14-34-19/h3-7,9,11,18H,2,8,10,12-14H2,1H3,(H,26,30)/t18-/m0/s1. The molecule has 0 fully saturated rings. The van der Waals surface area contributed by atoms with E-state index in [9.17, 15) is 14.4 Å². The lowest BCUT2D eigenvalue weighted by atomic mass is 10.1. The molecule has 0 aliphatic carbocycles. The van der Waals surface area contributed by atoms with Crippen LogP contribution in [0.15, 0.2) is 52.4 Å². The Labute approximate surface area is 211 Å². The van der Waals surface area contributed by atoms with Gasteiger partial charge in [0.25, 0.3) is 5.91 Å². The minimum absolute atomic E-state index is 0.0266. The number of rotatable bonds is 8. The van der Waals surface area contributed by atoms with E-state index in [0.717, 1.165) is 22.9 Å². The average molecular weight is 509 g/mol. The van der Waals surface area contributed by atoms with Crippen LogP contribution in [0.1, 0.15) is 30.9 Å². The summed E-state index contributed by atoms with van der Waals surface area (Å²) in [6, 6.07) is 12.2. The van der Waals surface area contributed by atoms with E-state index in [-0.39, 0.29) is 49.8 Å². The summed E-state index contributed by atoms with van der Waals surface area (Å²) < 4.78 is 15.7. The molecule has 1 N–H and O–H groups in total. The van der Waals surface area contributed by atoms with Gasteiger partial charge in [-0.2, -0.15) is 0 Å². The van der Waals surface area contributed by atoms with Crippen LogP contribution in [0.25, 0.3) is 0 Å². The number of aliphatic imine (C=N–C) groups is 2. The molecule has 10 nitrogen and oxygen atoms in total. The number of hydrogen-bond acceptors (Lipinski definition) is 9. The fraction of sp³-hybridized carbons (Fsp3) is 0.320. The van der Waals surface area contributed by atoms with E-state index in [1.165, 1.54) is 4.90 Å². The number of benzene rings is 2. The number of carbonyl (C=O) groups is 3. The minimum Gasteiger partial charge on any atom is -0.465 e. The maximum absolute atomic E-state index is 13.3. The third-order valence-corrected chi connectivity index (χ3v) is 6.66. The normalized spacial score (nSPS) is 17.2. The molecule has 1 atom stereocenters. The van der Waals surface area contributed by atoms with Crippen LogP contribution in [0.5, 0.6) is 11.5 Å². The molecule has 0 unspecified atom stereocenters. The number of carbonyl (C=O) groups excluding carboxylic acids is 3. The molecule has 0 aromatic heterocycles.